The fourth-order valence-corrected chi connectivity index (χ4v) is 1.48. The zero-order chi connectivity index (χ0) is 13.0. The number of hydrogen-bond donors (Lipinski definition) is 3. The molecule has 1 aromatic rings. The first kappa shape index (κ1) is 13.1. The lowest BCUT2D eigenvalue weighted by atomic mass is 10.0. The Bertz CT molecular complexity index is 393. The van der Waals surface area contributed by atoms with E-state index in [1.807, 2.05) is 0 Å². The van der Waals surface area contributed by atoms with Crippen LogP contribution in [-0.2, 0) is 11.2 Å². The van der Waals surface area contributed by atoms with Gasteiger partial charge in [-0.3, -0.25) is 4.79 Å². The van der Waals surface area contributed by atoms with Crippen LogP contribution in [0.1, 0.15) is 5.56 Å². The van der Waals surface area contributed by atoms with Crippen LogP contribution >= 0.6 is 0 Å². The highest BCUT2D eigenvalue weighted by Crippen LogP contribution is 2.34. The van der Waals surface area contributed by atoms with Crippen LogP contribution in [0.25, 0.3) is 0 Å². The van der Waals surface area contributed by atoms with Crippen LogP contribution in [0, 0.1) is 0 Å². The summed E-state index contributed by atoms with van der Waals surface area (Å²) in [5.41, 5.74) is 5.98. The minimum Gasteiger partial charge on any atom is -0.508 e. The molecule has 0 heterocycles. The third-order valence-corrected chi connectivity index (χ3v) is 2.33. The molecule has 0 bridgehead atoms. The number of ether oxygens (including phenoxy) is 2. The summed E-state index contributed by atoms with van der Waals surface area (Å²) >= 11 is 0. The maximum atomic E-state index is 10.7. The van der Waals surface area contributed by atoms with E-state index in [1.54, 1.807) is 0 Å². The van der Waals surface area contributed by atoms with Gasteiger partial charge in [0.05, 0.1) is 14.2 Å². The fourth-order valence-electron chi connectivity index (χ4n) is 1.48. The highest BCUT2D eigenvalue weighted by atomic mass is 16.5. The number of carboxylic acid groups (broad SMARTS) is 1. The normalized spacial score (nSPS) is 11.9. The number of aliphatic carboxylic acids is 1. The molecule has 1 atom stereocenters. The van der Waals surface area contributed by atoms with Gasteiger partial charge in [0.2, 0.25) is 0 Å². The molecule has 0 aliphatic carbocycles. The maximum absolute atomic E-state index is 10.7. The zero-order valence-electron chi connectivity index (χ0n) is 9.64. The van der Waals surface area contributed by atoms with E-state index in [1.165, 1.54) is 26.4 Å². The van der Waals surface area contributed by atoms with Gasteiger partial charge in [0.25, 0.3) is 0 Å². The van der Waals surface area contributed by atoms with Crippen LogP contribution in [0.5, 0.6) is 17.2 Å². The second-order valence-corrected chi connectivity index (χ2v) is 3.48. The van der Waals surface area contributed by atoms with Gasteiger partial charge >= 0.3 is 5.97 Å². The number of benzene rings is 1. The molecule has 0 saturated heterocycles. The summed E-state index contributed by atoms with van der Waals surface area (Å²) in [5.74, 6) is -0.439. The van der Waals surface area contributed by atoms with Crippen molar-refractivity contribution in [3.8, 4) is 17.2 Å². The molecule has 0 radical (unpaired) electrons. The monoisotopic (exact) mass is 241 g/mol. The molecular weight excluding hydrogens is 226 g/mol. The number of methoxy groups -OCH3 is 2. The number of hydrogen-bond acceptors (Lipinski definition) is 5. The van der Waals surface area contributed by atoms with E-state index in [9.17, 15) is 9.90 Å². The quantitative estimate of drug-likeness (QED) is 0.688. The maximum Gasteiger partial charge on any atom is 0.320 e. The molecule has 94 valence electrons. The summed E-state index contributed by atoms with van der Waals surface area (Å²) in [6.07, 6.45) is 0.0575. The van der Waals surface area contributed by atoms with Gasteiger partial charge in [-0.25, -0.2) is 0 Å². The Balaban J connectivity index is 3.15. The highest BCUT2D eigenvalue weighted by Gasteiger charge is 2.19. The average molecular weight is 241 g/mol. The summed E-state index contributed by atoms with van der Waals surface area (Å²) in [4.78, 5) is 10.7. The standard InChI is InChI=1S/C11H15NO5/c1-16-9-3-6(13)4-10(17-2)7(9)5-8(12)11(14)15/h3-4,8,13H,5,12H2,1-2H3,(H,14,15). The van der Waals surface area contributed by atoms with Crippen LogP contribution in [0.2, 0.25) is 0 Å². The lowest BCUT2D eigenvalue weighted by Gasteiger charge is -2.15. The molecular formula is C11H15NO5. The lowest BCUT2D eigenvalue weighted by Crippen LogP contribution is -2.32. The first-order valence-corrected chi connectivity index (χ1v) is 4.91. The number of aromatic hydroxyl groups is 1. The van der Waals surface area contributed by atoms with Crippen molar-refractivity contribution in [1.29, 1.82) is 0 Å². The van der Waals surface area contributed by atoms with Crippen molar-refractivity contribution in [2.75, 3.05) is 14.2 Å². The Kier molecular flexibility index (Phi) is 4.17. The van der Waals surface area contributed by atoms with E-state index in [4.69, 9.17) is 20.3 Å². The molecule has 0 saturated carbocycles. The fraction of sp³-hybridized carbons (Fsp3) is 0.364. The van der Waals surface area contributed by atoms with Crippen LogP contribution in [0.15, 0.2) is 12.1 Å². The van der Waals surface area contributed by atoms with Gasteiger partial charge in [0, 0.05) is 24.1 Å². The predicted octanol–water partition coefficient (Wildman–Crippen LogP) is 0.364. The minimum atomic E-state index is -1.11. The van der Waals surface area contributed by atoms with Crippen molar-refractivity contribution in [1.82, 2.24) is 0 Å². The molecule has 4 N–H and O–H groups in total. The van der Waals surface area contributed by atoms with Gasteiger partial charge in [-0.1, -0.05) is 0 Å². The predicted molar refractivity (Wildman–Crippen MR) is 60.5 cm³/mol. The van der Waals surface area contributed by atoms with Crippen molar-refractivity contribution in [2.45, 2.75) is 12.5 Å². The Labute approximate surface area is 98.6 Å². The van der Waals surface area contributed by atoms with Gasteiger partial charge in [-0.2, -0.15) is 0 Å². The molecule has 0 aliphatic rings. The van der Waals surface area contributed by atoms with Gasteiger partial charge in [-0.05, 0) is 0 Å². The van der Waals surface area contributed by atoms with Gasteiger partial charge in [0.15, 0.2) is 0 Å². The molecule has 1 rings (SSSR count). The topological polar surface area (TPSA) is 102 Å². The third kappa shape index (κ3) is 3.01. The third-order valence-electron chi connectivity index (χ3n) is 2.33. The molecule has 17 heavy (non-hydrogen) atoms. The van der Waals surface area contributed by atoms with Gasteiger partial charge < -0.3 is 25.4 Å². The highest BCUT2D eigenvalue weighted by molar-refractivity contribution is 5.74. The molecule has 1 unspecified atom stereocenters. The summed E-state index contributed by atoms with van der Waals surface area (Å²) in [7, 11) is 2.84. The molecule has 6 heteroatoms. The second-order valence-electron chi connectivity index (χ2n) is 3.48. The van der Waals surface area contributed by atoms with Crippen molar-refractivity contribution in [3.05, 3.63) is 17.7 Å². The smallest absolute Gasteiger partial charge is 0.320 e. The molecule has 0 aliphatic heterocycles. The number of carboxylic acids is 1. The Hall–Kier alpha value is -1.95. The Morgan fingerprint density at radius 2 is 1.82 bits per heavy atom. The van der Waals surface area contributed by atoms with Crippen molar-refractivity contribution in [2.24, 2.45) is 5.73 Å². The SMILES string of the molecule is COc1cc(O)cc(OC)c1CC(N)C(=O)O. The molecule has 0 aromatic heterocycles. The Morgan fingerprint density at radius 3 is 2.18 bits per heavy atom. The van der Waals surface area contributed by atoms with Gasteiger partial charge in [0.1, 0.15) is 23.3 Å². The first-order valence-electron chi connectivity index (χ1n) is 4.91. The van der Waals surface area contributed by atoms with Crippen LogP contribution < -0.4 is 15.2 Å². The molecule has 0 amide bonds. The van der Waals surface area contributed by atoms with E-state index in [2.05, 4.69) is 0 Å². The van der Waals surface area contributed by atoms with E-state index in [0.29, 0.717) is 17.1 Å². The first-order chi connectivity index (χ1) is 7.99. The van der Waals surface area contributed by atoms with Crippen LogP contribution in [-0.4, -0.2) is 36.4 Å². The molecule has 1 aromatic carbocycles. The number of rotatable bonds is 5. The summed E-state index contributed by atoms with van der Waals surface area (Å²) in [6, 6.07) is 1.71. The second kappa shape index (κ2) is 5.40. The summed E-state index contributed by atoms with van der Waals surface area (Å²) in [5, 5.41) is 18.2. The summed E-state index contributed by atoms with van der Waals surface area (Å²) in [6.45, 7) is 0. The van der Waals surface area contributed by atoms with Crippen LogP contribution in [0.3, 0.4) is 0 Å². The molecule has 0 spiro atoms. The number of nitrogens with two attached hydrogens (primary N) is 1. The van der Waals surface area contributed by atoms with E-state index >= 15 is 0 Å². The van der Waals surface area contributed by atoms with Crippen molar-refractivity contribution < 1.29 is 24.5 Å². The molecule has 0 fully saturated rings. The summed E-state index contributed by atoms with van der Waals surface area (Å²) < 4.78 is 10.1. The van der Waals surface area contributed by atoms with Crippen LogP contribution in [0.4, 0.5) is 0 Å². The number of phenols is 1. The minimum absolute atomic E-state index is 0.0219. The Morgan fingerprint density at radius 1 is 1.35 bits per heavy atom. The van der Waals surface area contributed by atoms with Crippen molar-refractivity contribution >= 4 is 5.97 Å². The van der Waals surface area contributed by atoms with E-state index in [0.717, 1.165) is 0 Å². The number of carbonyl (C=O) groups is 1. The van der Waals surface area contributed by atoms with Gasteiger partial charge in [-0.15, -0.1) is 0 Å². The zero-order valence-corrected chi connectivity index (χ0v) is 9.64. The van der Waals surface area contributed by atoms with E-state index in [-0.39, 0.29) is 12.2 Å². The average Bonchev–Trinajstić information content (AvgIpc) is 2.30. The molecule has 6 nitrogen and oxygen atoms in total. The largest absolute Gasteiger partial charge is 0.508 e. The van der Waals surface area contributed by atoms with Crippen molar-refractivity contribution in [3.63, 3.8) is 0 Å². The lowest BCUT2D eigenvalue weighted by molar-refractivity contribution is -0.138. The van der Waals surface area contributed by atoms with E-state index < -0.39 is 12.0 Å². The number of phenolic OH excluding ortho intramolecular Hbond substituents is 1.